The summed E-state index contributed by atoms with van der Waals surface area (Å²) < 4.78 is 7.64. The fraction of sp³-hybridized carbons (Fsp3) is 0.292. The molecule has 5 rings (SSSR count). The van der Waals surface area contributed by atoms with E-state index in [1.807, 2.05) is 48.7 Å². The van der Waals surface area contributed by atoms with Gasteiger partial charge in [-0.1, -0.05) is 12.1 Å². The SMILES string of the molecule is Cc1cccc(-n2c(N3CCCC(C(=O)NCc4ccco4)C3)nc3ccsc3c2=O)c1. The van der Waals surface area contributed by atoms with Crippen LogP contribution in [-0.4, -0.2) is 28.5 Å². The van der Waals surface area contributed by atoms with Gasteiger partial charge in [0.05, 0.1) is 29.9 Å². The average molecular weight is 449 g/mol. The molecule has 164 valence electrons. The van der Waals surface area contributed by atoms with Gasteiger partial charge in [-0.3, -0.25) is 9.59 Å². The Morgan fingerprint density at radius 2 is 2.19 bits per heavy atom. The molecule has 1 aliphatic rings. The minimum absolute atomic E-state index is 0.00726. The van der Waals surface area contributed by atoms with E-state index >= 15 is 0 Å². The summed E-state index contributed by atoms with van der Waals surface area (Å²) >= 11 is 1.41. The first kappa shape index (κ1) is 20.5. The number of hydrogen-bond acceptors (Lipinski definition) is 6. The number of carbonyl (C=O) groups is 1. The molecule has 0 spiro atoms. The number of nitrogens with one attached hydrogen (secondary N) is 1. The number of amides is 1. The van der Waals surface area contributed by atoms with E-state index in [-0.39, 0.29) is 17.4 Å². The smallest absolute Gasteiger partial charge is 0.277 e. The number of furan rings is 1. The third-order valence-electron chi connectivity index (χ3n) is 5.81. The molecule has 0 aliphatic carbocycles. The molecule has 32 heavy (non-hydrogen) atoms. The van der Waals surface area contributed by atoms with Crippen LogP contribution in [0.4, 0.5) is 5.95 Å². The van der Waals surface area contributed by atoms with Gasteiger partial charge >= 0.3 is 0 Å². The van der Waals surface area contributed by atoms with Crippen LogP contribution in [0.5, 0.6) is 0 Å². The molecule has 1 unspecified atom stereocenters. The van der Waals surface area contributed by atoms with Crippen molar-refractivity contribution in [2.45, 2.75) is 26.3 Å². The second-order valence-electron chi connectivity index (χ2n) is 8.11. The van der Waals surface area contributed by atoms with Gasteiger partial charge in [0.15, 0.2) is 0 Å². The van der Waals surface area contributed by atoms with Crippen LogP contribution in [0.1, 0.15) is 24.2 Å². The van der Waals surface area contributed by atoms with Crippen molar-refractivity contribution in [1.29, 1.82) is 0 Å². The van der Waals surface area contributed by atoms with Crippen LogP contribution in [0.15, 0.2) is 63.3 Å². The fourth-order valence-corrected chi connectivity index (χ4v) is 4.98. The Bertz CT molecular complexity index is 1310. The molecule has 1 amide bonds. The highest BCUT2D eigenvalue weighted by molar-refractivity contribution is 7.17. The van der Waals surface area contributed by atoms with Gasteiger partial charge in [-0.05, 0) is 61.0 Å². The third-order valence-corrected chi connectivity index (χ3v) is 6.71. The number of aromatic nitrogens is 2. The summed E-state index contributed by atoms with van der Waals surface area (Å²) in [4.78, 5) is 33.2. The molecule has 0 radical (unpaired) electrons. The van der Waals surface area contributed by atoms with Crippen LogP contribution in [0.3, 0.4) is 0 Å². The van der Waals surface area contributed by atoms with Crippen molar-refractivity contribution < 1.29 is 9.21 Å². The first-order valence-corrected chi connectivity index (χ1v) is 11.6. The monoisotopic (exact) mass is 448 g/mol. The van der Waals surface area contributed by atoms with Crippen molar-refractivity contribution in [3.05, 3.63) is 75.8 Å². The zero-order chi connectivity index (χ0) is 22.1. The number of piperidine rings is 1. The maximum Gasteiger partial charge on any atom is 0.277 e. The Balaban J connectivity index is 1.47. The molecule has 8 heteroatoms. The maximum absolute atomic E-state index is 13.4. The summed E-state index contributed by atoms with van der Waals surface area (Å²) in [5.41, 5.74) is 2.48. The van der Waals surface area contributed by atoms with E-state index in [4.69, 9.17) is 9.40 Å². The molecule has 0 saturated carbocycles. The number of aryl methyl sites for hydroxylation is 1. The predicted molar refractivity (Wildman–Crippen MR) is 125 cm³/mol. The molecule has 1 saturated heterocycles. The molecule has 3 aromatic heterocycles. The largest absolute Gasteiger partial charge is 0.467 e. The van der Waals surface area contributed by atoms with Crippen molar-refractivity contribution in [2.75, 3.05) is 18.0 Å². The second-order valence-corrected chi connectivity index (χ2v) is 9.02. The first-order chi connectivity index (χ1) is 15.6. The summed E-state index contributed by atoms with van der Waals surface area (Å²) in [6.07, 6.45) is 3.25. The lowest BCUT2D eigenvalue weighted by Gasteiger charge is -2.34. The van der Waals surface area contributed by atoms with Gasteiger partial charge < -0.3 is 14.6 Å². The van der Waals surface area contributed by atoms with Crippen molar-refractivity contribution >= 4 is 33.4 Å². The van der Waals surface area contributed by atoms with Crippen LogP contribution in [-0.2, 0) is 11.3 Å². The third kappa shape index (κ3) is 3.93. The van der Waals surface area contributed by atoms with Crippen molar-refractivity contribution in [3.8, 4) is 5.69 Å². The quantitative estimate of drug-likeness (QED) is 0.501. The number of fused-ring (bicyclic) bond motifs is 1. The van der Waals surface area contributed by atoms with Crippen LogP contribution in [0, 0.1) is 12.8 Å². The van der Waals surface area contributed by atoms with Crippen LogP contribution < -0.4 is 15.8 Å². The summed E-state index contributed by atoms with van der Waals surface area (Å²) in [5, 5.41) is 4.86. The molecular formula is C24H24N4O3S. The van der Waals surface area contributed by atoms with Gasteiger partial charge in [0.25, 0.3) is 5.56 Å². The molecule has 1 aliphatic heterocycles. The first-order valence-electron chi connectivity index (χ1n) is 10.7. The number of hydrogen-bond donors (Lipinski definition) is 1. The number of nitrogens with zero attached hydrogens (tertiary/aromatic N) is 3. The molecule has 1 atom stereocenters. The second kappa shape index (κ2) is 8.63. The molecule has 7 nitrogen and oxygen atoms in total. The highest BCUT2D eigenvalue weighted by Crippen LogP contribution is 2.27. The van der Waals surface area contributed by atoms with E-state index in [2.05, 4.69) is 10.2 Å². The molecule has 0 bridgehead atoms. The van der Waals surface area contributed by atoms with Crippen molar-refractivity contribution in [2.24, 2.45) is 5.92 Å². The number of anilines is 1. The zero-order valence-electron chi connectivity index (χ0n) is 17.8. The number of rotatable bonds is 5. The Hall–Kier alpha value is -3.39. The lowest BCUT2D eigenvalue weighted by Crippen LogP contribution is -2.45. The molecule has 1 aromatic carbocycles. The maximum atomic E-state index is 13.4. The standard InChI is InChI=1S/C24H24N4O3S/c1-16-5-2-7-18(13-16)28-23(30)21-20(9-12-32-21)26-24(28)27-10-3-6-17(15-27)22(29)25-14-19-8-4-11-31-19/h2,4-5,7-9,11-13,17H,3,6,10,14-15H2,1H3,(H,25,29). The van der Waals surface area contributed by atoms with E-state index in [1.165, 1.54) is 11.3 Å². The highest BCUT2D eigenvalue weighted by Gasteiger charge is 2.29. The van der Waals surface area contributed by atoms with Gasteiger partial charge in [-0.15, -0.1) is 11.3 Å². The van der Waals surface area contributed by atoms with Crippen molar-refractivity contribution in [1.82, 2.24) is 14.9 Å². The van der Waals surface area contributed by atoms with E-state index in [9.17, 15) is 9.59 Å². The summed E-state index contributed by atoms with van der Waals surface area (Å²) in [7, 11) is 0. The fourth-order valence-electron chi connectivity index (χ4n) is 4.22. The molecular weight excluding hydrogens is 424 g/mol. The van der Waals surface area contributed by atoms with Crippen LogP contribution >= 0.6 is 11.3 Å². The number of benzene rings is 1. The minimum atomic E-state index is -0.181. The number of thiophene rings is 1. The molecule has 1 N–H and O–H groups in total. The minimum Gasteiger partial charge on any atom is -0.467 e. The summed E-state index contributed by atoms with van der Waals surface area (Å²) in [6, 6.07) is 13.4. The topological polar surface area (TPSA) is 80.4 Å². The Kier molecular flexibility index (Phi) is 5.53. The highest BCUT2D eigenvalue weighted by atomic mass is 32.1. The van der Waals surface area contributed by atoms with E-state index in [1.54, 1.807) is 16.9 Å². The Morgan fingerprint density at radius 3 is 3.00 bits per heavy atom. The normalized spacial score (nSPS) is 16.4. The van der Waals surface area contributed by atoms with E-state index in [0.29, 0.717) is 29.3 Å². The van der Waals surface area contributed by atoms with Crippen LogP contribution in [0.2, 0.25) is 0 Å². The van der Waals surface area contributed by atoms with Gasteiger partial charge in [-0.2, -0.15) is 0 Å². The van der Waals surface area contributed by atoms with E-state index < -0.39 is 0 Å². The number of carbonyl (C=O) groups excluding carboxylic acids is 1. The Morgan fingerprint density at radius 1 is 1.28 bits per heavy atom. The van der Waals surface area contributed by atoms with E-state index in [0.717, 1.165) is 36.4 Å². The summed E-state index contributed by atoms with van der Waals surface area (Å²) in [5.74, 6) is 1.13. The average Bonchev–Trinajstić information content (AvgIpc) is 3.49. The zero-order valence-corrected chi connectivity index (χ0v) is 18.6. The van der Waals surface area contributed by atoms with Crippen molar-refractivity contribution in [3.63, 3.8) is 0 Å². The lowest BCUT2D eigenvalue weighted by atomic mass is 9.97. The molecule has 4 heterocycles. The molecule has 1 fully saturated rings. The molecule has 4 aromatic rings. The van der Waals surface area contributed by atoms with Gasteiger partial charge in [0.2, 0.25) is 11.9 Å². The lowest BCUT2D eigenvalue weighted by molar-refractivity contribution is -0.125. The summed E-state index contributed by atoms with van der Waals surface area (Å²) in [6.45, 7) is 3.63. The van der Waals surface area contributed by atoms with Gasteiger partial charge in [-0.25, -0.2) is 9.55 Å². The van der Waals surface area contributed by atoms with Gasteiger partial charge in [0, 0.05) is 13.1 Å². The predicted octanol–water partition coefficient (Wildman–Crippen LogP) is 3.88. The van der Waals surface area contributed by atoms with Crippen LogP contribution in [0.25, 0.3) is 15.9 Å². The van der Waals surface area contributed by atoms with Gasteiger partial charge in [0.1, 0.15) is 10.5 Å². The Labute approximate surface area is 189 Å².